The summed E-state index contributed by atoms with van der Waals surface area (Å²) < 4.78 is 23.1. The monoisotopic (exact) mass is 269 g/mol. The topological polar surface area (TPSA) is 72.0 Å². The van der Waals surface area contributed by atoms with Gasteiger partial charge >= 0.3 is 0 Å². The quantitative estimate of drug-likeness (QED) is 0.869. The molecular weight excluding hydrogens is 250 g/mol. The highest BCUT2D eigenvalue weighted by atomic mass is 32.2. The summed E-state index contributed by atoms with van der Waals surface area (Å²) in [4.78, 5) is 8.69. The summed E-state index contributed by atoms with van der Waals surface area (Å²) in [5.74, 6) is 0.904. The Hall–Kier alpha value is -1.01. The largest absolute Gasteiger partial charge is 0.316 e. The first-order chi connectivity index (χ1) is 8.43. The molecule has 0 amide bonds. The molecule has 18 heavy (non-hydrogen) atoms. The molecule has 1 fully saturated rings. The van der Waals surface area contributed by atoms with Crippen LogP contribution in [0.1, 0.15) is 48.0 Å². The molecule has 1 N–H and O–H groups in total. The smallest absolute Gasteiger partial charge is 0.157 e. The van der Waals surface area contributed by atoms with E-state index in [2.05, 4.69) is 15.3 Å². The van der Waals surface area contributed by atoms with Gasteiger partial charge in [-0.15, -0.1) is 0 Å². The maximum atomic E-state index is 11.5. The molecule has 2 rings (SSSR count). The predicted octanol–water partition coefficient (Wildman–Crippen LogP) is 1.18. The first kappa shape index (κ1) is 13.4. The van der Waals surface area contributed by atoms with Crippen LogP contribution in [-0.4, -0.2) is 31.7 Å². The molecule has 6 heteroatoms. The Morgan fingerprint density at radius 2 is 2.17 bits per heavy atom. The summed E-state index contributed by atoms with van der Waals surface area (Å²) >= 11 is 0. The molecule has 5 nitrogen and oxygen atoms in total. The zero-order valence-electron chi connectivity index (χ0n) is 11.0. The molecule has 1 aromatic heterocycles. The van der Waals surface area contributed by atoms with Crippen LogP contribution in [0.4, 0.5) is 0 Å². The predicted molar refractivity (Wildman–Crippen MR) is 70.0 cm³/mol. The zero-order valence-corrected chi connectivity index (χ0v) is 11.8. The van der Waals surface area contributed by atoms with Crippen molar-refractivity contribution in [1.82, 2.24) is 15.3 Å². The molecule has 0 bridgehead atoms. The van der Waals surface area contributed by atoms with Crippen LogP contribution in [0.3, 0.4) is 0 Å². The van der Waals surface area contributed by atoms with E-state index in [0.717, 1.165) is 30.6 Å². The van der Waals surface area contributed by atoms with Crippen molar-refractivity contribution in [3.05, 3.63) is 23.3 Å². The van der Waals surface area contributed by atoms with Crippen LogP contribution >= 0.6 is 0 Å². The Balaban J connectivity index is 2.37. The number of sulfone groups is 1. The van der Waals surface area contributed by atoms with Crippen molar-refractivity contribution in [3.63, 3.8) is 0 Å². The fraction of sp³-hybridized carbons (Fsp3) is 0.667. The minimum absolute atomic E-state index is 0.416. The second-order valence-electron chi connectivity index (χ2n) is 4.92. The van der Waals surface area contributed by atoms with Gasteiger partial charge in [0, 0.05) is 30.5 Å². The molecule has 1 aliphatic rings. The molecule has 0 aromatic carbocycles. The first-order valence-corrected chi connectivity index (χ1v) is 8.08. The molecule has 1 unspecified atom stereocenters. The van der Waals surface area contributed by atoms with E-state index in [9.17, 15) is 8.42 Å². The highest BCUT2D eigenvalue weighted by Gasteiger charge is 2.29. The molecule has 0 spiro atoms. The average molecular weight is 269 g/mol. The number of nitrogens with one attached hydrogen (secondary N) is 1. The van der Waals surface area contributed by atoms with E-state index < -0.39 is 15.1 Å². The second-order valence-corrected chi connectivity index (χ2v) is 7.28. The third kappa shape index (κ3) is 2.87. The van der Waals surface area contributed by atoms with E-state index in [1.165, 1.54) is 6.26 Å². The summed E-state index contributed by atoms with van der Waals surface area (Å²) in [6, 6.07) is 0. The summed E-state index contributed by atoms with van der Waals surface area (Å²) in [6.45, 7) is 2.36. The normalized spacial score (nSPS) is 17.7. The van der Waals surface area contributed by atoms with Gasteiger partial charge in [0.15, 0.2) is 9.84 Å². The van der Waals surface area contributed by atoms with Crippen molar-refractivity contribution in [2.75, 3.05) is 13.3 Å². The molecule has 0 saturated heterocycles. The lowest BCUT2D eigenvalue weighted by molar-refractivity contribution is 0.588. The second kappa shape index (κ2) is 4.93. The molecule has 1 aromatic rings. The van der Waals surface area contributed by atoms with Gasteiger partial charge in [0.2, 0.25) is 0 Å². The van der Waals surface area contributed by atoms with Gasteiger partial charge < -0.3 is 5.32 Å². The number of nitrogens with zero attached hydrogens (tertiary/aromatic N) is 2. The highest BCUT2D eigenvalue weighted by molar-refractivity contribution is 7.90. The summed E-state index contributed by atoms with van der Waals surface area (Å²) in [7, 11) is -1.27. The van der Waals surface area contributed by atoms with Gasteiger partial charge in [0.25, 0.3) is 0 Å². The molecule has 100 valence electrons. The van der Waals surface area contributed by atoms with E-state index in [1.54, 1.807) is 13.1 Å². The van der Waals surface area contributed by atoms with E-state index in [4.69, 9.17) is 0 Å². The highest BCUT2D eigenvalue weighted by Crippen LogP contribution is 2.40. The molecule has 0 radical (unpaired) electrons. The molecule has 0 aliphatic heterocycles. The van der Waals surface area contributed by atoms with Crippen LogP contribution < -0.4 is 5.32 Å². The Morgan fingerprint density at radius 1 is 1.50 bits per heavy atom. The minimum Gasteiger partial charge on any atom is -0.316 e. The number of hydrogen-bond donors (Lipinski definition) is 1. The SMILES string of the molecule is CNCc1cnc(C(C)S(C)(=O)=O)nc1C1CC1. The Bertz CT molecular complexity index is 538. The van der Waals surface area contributed by atoms with Gasteiger partial charge in [-0.25, -0.2) is 18.4 Å². The third-order valence-corrected chi connectivity index (χ3v) is 4.75. The lowest BCUT2D eigenvalue weighted by Crippen LogP contribution is -2.15. The van der Waals surface area contributed by atoms with Crippen LogP contribution in [0.25, 0.3) is 0 Å². The van der Waals surface area contributed by atoms with E-state index in [-0.39, 0.29) is 0 Å². The van der Waals surface area contributed by atoms with Crippen molar-refractivity contribution >= 4 is 9.84 Å². The van der Waals surface area contributed by atoms with Gasteiger partial charge in [-0.2, -0.15) is 0 Å². The maximum absolute atomic E-state index is 11.5. The van der Waals surface area contributed by atoms with Gasteiger partial charge in [0.05, 0.1) is 5.69 Å². The molecule has 1 aliphatic carbocycles. The van der Waals surface area contributed by atoms with Gasteiger partial charge in [-0.05, 0) is 26.8 Å². The molecular formula is C12H19N3O2S. The van der Waals surface area contributed by atoms with Crippen LogP contribution in [0.5, 0.6) is 0 Å². The summed E-state index contributed by atoms with van der Waals surface area (Å²) in [5.41, 5.74) is 2.09. The van der Waals surface area contributed by atoms with Crippen molar-refractivity contribution in [1.29, 1.82) is 0 Å². The molecule has 1 atom stereocenters. The van der Waals surface area contributed by atoms with Crippen molar-refractivity contribution in [3.8, 4) is 0 Å². The fourth-order valence-corrected chi connectivity index (χ4v) is 2.36. The lowest BCUT2D eigenvalue weighted by atomic mass is 10.1. The van der Waals surface area contributed by atoms with Crippen LogP contribution in [0.2, 0.25) is 0 Å². The number of hydrogen-bond acceptors (Lipinski definition) is 5. The van der Waals surface area contributed by atoms with Gasteiger partial charge in [0.1, 0.15) is 11.1 Å². The lowest BCUT2D eigenvalue weighted by Gasteiger charge is -2.12. The molecule has 1 heterocycles. The standard InChI is InChI=1S/C12H19N3O2S/c1-8(18(3,16)17)12-14-7-10(6-13-2)11(15-12)9-4-5-9/h7-9,13H,4-6H2,1-3H3. The van der Waals surface area contributed by atoms with E-state index in [0.29, 0.717) is 11.7 Å². The zero-order chi connectivity index (χ0) is 13.3. The fourth-order valence-electron chi connectivity index (χ4n) is 1.86. The Morgan fingerprint density at radius 3 is 2.67 bits per heavy atom. The minimum atomic E-state index is -3.14. The van der Waals surface area contributed by atoms with Crippen LogP contribution in [-0.2, 0) is 16.4 Å². The number of aromatic nitrogens is 2. The average Bonchev–Trinajstić information content (AvgIpc) is 3.12. The maximum Gasteiger partial charge on any atom is 0.157 e. The molecule has 1 saturated carbocycles. The summed E-state index contributed by atoms with van der Waals surface area (Å²) in [5, 5.41) is 2.45. The van der Waals surface area contributed by atoms with Crippen molar-refractivity contribution < 1.29 is 8.42 Å². The Kier molecular flexibility index (Phi) is 3.68. The summed E-state index contributed by atoms with van der Waals surface area (Å²) in [6.07, 6.45) is 5.26. The van der Waals surface area contributed by atoms with Gasteiger partial charge in [-0.3, -0.25) is 0 Å². The van der Waals surface area contributed by atoms with Gasteiger partial charge in [-0.1, -0.05) is 0 Å². The van der Waals surface area contributed by atoms with Crippen LogP contribution in [0, 0.1) is 0 Å². The van der Waals surface area contributed by atoms with Crippen LogP contribution in [0.15, 0.2) is 6.20 Å². The van der Waals surface area contributed by atoms with E-state index >= 15 is 0 Å². The van der Waals surface area contributed by atoms with Crippen molar-refractivity contribution in [2.45, 2.75) is 37.5 Å². The van der Waals surface area contributed by atoms with E-state index in [1.807, 2.05) is 7.05 Å². The Labute approximate surface area is 108 Å². The first-order valence-electron chi connectivity index (χ1n) is 6.12. The number of rotatable bonds is 5. The van der Waals surface area contributed by atoms with Crippen molar-refractivity contribution in [2.24, 2.45) is 0 Å². The third-order valence-electron chi connectivity index (χ3n) is 3.25.